The second-order valence-corrected chi connectivity index (χ2v) is 4.58. The van der Waals surface area contributed by atoms with Gasteiger partial charge < -0.3 is 10.1 Å². The van der Waals surface area contributed by atoms with Crippen molar-refractivity contribution in [1.29, 1.82) is 0 Å². The molecule has 0 aliphatic heterocycles. The summed E-state index contributed by atoms with van der Waals surface area (Å²) < 4.78 is 4.60. The summed E-state index contributed by atoms with van der Waals surface area (Å²) in [7, 11) is 1.33. The first-order valence-corrected chi connectivity index (χ1v) is 6.17. The lowest BCUT2D eigenvalue weighted by Gasteiger charge is -2.25. The number of methoxy groups -OCH3 is 1. The minimum absolute atomic E-state index is 0.0849. The van der Waals surface area contributed by atoms with Gasteiger partial charge in [0.15, 0.2) is 0 Å². The second kappa shape index (κ2) is 5.67. The average Bonchev–Trinajstić information content (AvgIpc) is 2.36. The SMILES string of the molecule is COC(=O)c1ccc(C(=O)NCC2CCC2)cc1. The minimum Gasteiger partial charge on any atom is -0.465 e. The zero-order valence-corrected chi connectivity index (χ0v) is 10.4. The molecule has 1 saturated carbocycles. The fourth-order valence-electron chi connectivity index (χ4n) is 1.91. The zero-order valence-electron chi connectivity index (χ0n) is 10.4. The predicted molar refractivity (Wildman–Crippen MR) is 67.5 cm³/mol. The fourth-order valence-corrected chi connectivity index (χ4v) is 1.91. The van der Waals surface area contributed by atoms with Crippen molar-refractivity contribution in [3.63, 3.8) is 0 Å². The van der Waals surface area contributed by atoms with E-state index in [2.05, 4.69) is 10.1 Å². The van der Waals surface area contributed by atoms with E-state index in [0.29, 0.717) is 17.0 Å². The molecule has 0 aromatic heterocycles. The van der Waals surface area contributed by atoms with Gasteiger partial charge in [-0.15, -0.1) is 0 Å². The topological polar surface area (TPSA) is 55.4 Å². The summed E-state index contributed by atoms with van der Waals surface area (Å²) in [5.41, 5.74) is 1.02. The van der Waals surface area contributed by atoms with E-state index in [4.69, 9.17) is 0 Å². The van der Waals surface area contributed by atoms with Crippen LogP contribution in [-0.4, -0.2) is 25.5 Å². The molecular formula is C14H17NO3. The number of hydrogen-bond acceptors (Lipinski definition) is 3. The third-order valence-electron chi connectivity index (χ3n) is 3.34. The molecule has 0 heterocycles. The quantitative estimate of drug-likeness (QED) is 0.828. The van der Waals surface area contributed by atoms with Crippen molar-refractivity contribution >= 4 is 11.9 Å². The Balaban J connectivity index is 1.91. The Kier molecular flexibility index (Phi) is 3.97. The Morgan fingerprint density at radius 1 is 1.22 bits per heavy atom. The molecule has 0 bridgehead atoms. The van der Waals surface area contributed by atoms with E-state index in [-0.39, 0.29) is 5.91 Å². The van der Waals surface area contributed by atoms with E-state index < -0.39 is 5.97 Å². The van der Waals surface area contributed by atoms with Gasteiger partial charge in [-0.3, -0.25) is 4.79 Å². The number of hydrogen-bond donors (Lipinski definition) is 1. The van der Waals surface area contributed by atoms with E-state index in [1.165, 1.54) is 26.4 Å². The molecule has 0 unspecified atom stereocenters. The maximum absolute atomic E-state index is 11.8. The molecule has 0 radical (unpaired) electrons. The highest BCUT2D eigenvalue weighted by Crippen LogP contribution is 2.25. The molecule has 1 fully saturated rings. The Morgan fingerprint density at radius 2 is 1.83 bits per heavy atom. The second-order valence-electron chi connectivity index (χ2n) is 4.58. The summed E-state index contributed by atoms with van der Waals surface area (Å²) in [6, 6.07) is 6.49. The van der Waals surface area contributed by atoms with Crippen LogP contribution in [0, 0.1) is 5.92 Å². The average molecular weight is 247 g/mol. The standard InChI is InChI=1S/C14H17NO3/c1-18-14(17)12-7-5-11(6-8-12)13(16)15-9-10-3-2-4-10/h5-8,10H,2-4,9H2,1H3,(H,15,16). The number of amides is 1. The Hall–Kier alpha value is -1.84. The van der Waals surface area contributed by atoms with Gasteiger partial charge in [0.1, 0.15) is 0 Å². The van der Waals surface area contributed by atoms with Gasteiger partial charge >= 0.3 is 5.97 Å². The van der Waals surface area contributed by atoms with E-state index >= 15 is 0 Å². The van der Waals surface area contributed by atoms with Crippen LogP contribution in [0.5, 0.6) is 0 Å². The van der Waals surface area contributed by atoms with E-state index in [1.807, 2.05) is 0 Å². The lowest BCUT2D eigenvalue weighted by atomic mass is 9.85. The molecule has 18 heavy (non-hydrogen) atoms. The molecule has 1 aromatic carbocycles. The first kappa shape index (κ1) is 12.6. The Bertz CT molecular complexity index is 435. The van der Waals surface area contributed by atoms with Gasteiger partial charge in [-0.05, 0) is 43.0 Å². The van der Waals surface area contributed by atoms with Crippen LogP contribution in [0.1, 0.15) is 40.0 Å². The van der Waals surface area contributed by atoms with Crippen LogP contribution < -0.4 is 5.32 Å². The van der Waals surface area contributed by atoms with Crippen molar-refractivity contribution in [2.75, 3.05) is 13.7 Å². The van der Waals surface area contributed by atoms with Crippen LogP contribution >= 0.6 is 0 Å². The Labute approximate surface area is 106 Å². The number of nitrogens with one attached hydrogen (secondary N) is 1. The van der Waals surface area contributed by atoms with Crippen LogP contribution in [-0.2, 0) is 4.74 Å². The van der Waals surface area contributed by atoms with E-state index in [0.717, 1.165) is 6.54 Å². The van der Waals surface area contributed by atoms with Crippen molar-refractivity contribution < 1.29 is 14.3 Å². The number of esters is 1. The van der Waals surface area contributed by atoms with Gasteiger partial charge in [0.2, 0.25) is 0 Å². The van der Waals surface area contributed by atoms with Crippen molar-refractivity contribution in [3.05, 3.63) is 35.4 Å². The molecule has 0 atom stereocenters. The fraction of sp³-hybridized carbons (Fsp3) is 0.429. The molecule has 1 aliphatic carbocycles. The van der Waals surface area contributed by atoms with Gasteiger partial charge in [-0.1, -0.05) is 6.42 Å². The molecule has 96 valence electrons. The third kappa shape index (κ3) is 2.88. The molecule has 2 rings (SSSR count). The van der Waals surface area contributed by atoms with E-state index in [1.54, 1.807) is 24.3 Å². The largest absolute Gasteiger partial charge is 0.465 e. The smallest absolute Gasteiger partial charge is 0.337 e. The highest BCUT2D eigenvalue weighted by Gasteiger charge is 2.18. The van der Waals surface area contributed by atoms with Gasteiger partial charge in [0.25, 0.3) is 5.91 Å². The highest BCUT2D eigenvalue weighted by molar-refractivity contribution is 5.96. The van der Waals surface area contributed by atoms with Crippen molar-refractivity contribution in [2.45, 2.75) is 19.3 Å². The molecule has 0 spiro atoms. The van der Waals surface area contributed by atoms with Crippen LogP contribution in [0.2, 0.25) is 0 Å². The number of carbonyl (C=O) groups excluding carboxylic acids is 2. The lowest BCUT2D eigenvalue weighted by Crippen LogP contribution is -2.32. The van der Waals surface area contributed by atoms with Gasteiger partial charge in [0, 0.05) is 12.1 Å². The Morgan fingerprint density at radius 3 is 2.33 bits per heavy atom. The highest BCUT2D eigenvalue weighted by atomic mass is 16.5. The number of ether oxygens (including phenoxy) is 1. The summed E-state index contributed by atoms with van der Waals surface area (Å²) >= 11 is 0. The van der Waals surface area contributed by atoms with Gasteiger partial charge in [0.05, 0.1) is 12.7 Å². The third-order valence-corrected chi connectivity index (χ3v) is 3.34. The monoisotopic (exact) mass is 247 g/mol. The minimum atomic E-state index is -0.392. The number of carbonyl (C=O) groups is 2. The summed E-state index contributed by atoms with van der Waals surface area (Å²) in [4.78, 5) is 23.0. The van der Waals surface area contributed by atoms with Crippen LogP contribution in [0.25, 0.3) is 0 Å². The first-order valence-electron chi connectivity index (χ1n) is 6.17. The summed E-state index contributed by atoms with van der Waals surface area (Å²) in [6.07, 6.45) is 3.69. The maximum atomic E-state index is 11.8. The van der Waals surface area contributed by atoms with E-state index in [9.17, 15) is 9.59 Å². The van der Waals surface area contributed by atoms with Crippen LogP contribution in [0.3, 0.4) is 0 Å². The lowest BCUT2D eigenvalue weighted by molar-refractivity contribution is 0.0600. The predicted octanol–water partition coefficient (Wildman–Crippen LogP) is 2.00. The zero-order chi connectivity index (χ0) is 13.0. The molecule has 1 amide bonds. The molecule has 4 heteroatoms. The molecule has 1 aromatic rings. The molecule has 1 N–H and O–H groups in total. The summed E-state index contributed by atoms with van der Waals surface area (Å²) in [5, 5.41) is 2.91. The summed E-state index contributed by atoms with van der Waals surface area (Å²) in [5.74, 6) is 0.165. The molecule has 1 aliphatic rings. The van der Waals surface area contributed by atoms with Crippen molar-refractivity contribution in [2.24, 2.45) is 5.92 Å². The van der Waals surface area contributed by atoms with Gasteiger partial charge in [-0.2, -0.15) is 0 Å². The first-order chi connectivity index (χ1) is 8.70. The maximum Gasteiger partial charge on any atom is 0.337 e. The van der Waals surface area contributed by atoms with Crippen molar-refractivity contribution in [1.82, 2.24) is 5.32 Å². The number of rotatable bonds is 4. The molecule has 4 nitrogen and oxygen atoms in total. The van der Waals surface area contributed by atoms with Crippen LogP contribution in [0.15, 0.2) is 24.3 Å². The van der Waals surface area contributed by atoms with Crippen molar-refractivity contribution in [3.8, 4) is 0 Å². The van der Waals surface area contributed by atoms with Gasteiger partial charge in [-0.25, -0.2) is 4.79 Å². The molecule has 0 saturated heterocycles. The normalized spacial score (nSPS) is 14.7. The van der Waals surface area contributed by atoms with Crippen LogP contribution in [0.4, 0.5) is 0 Å². The number of benzene rings is 1. The molecular weight excluding hydrogens is 230 g/mol. The summed E-state index contributed by atoms with van der Waals surface area (Å²) in [6.45, 7) is 0.748.